The fraction of sp³-hybridized carbons (Fsp3) is 0.0500. The van der Waals surface area contributed by atoms with Crippen LogP contribution in [-0.4, -0.2) is 10.1 Å². The van der Waals surface area contributed by atoms with Gasteiger partial charge in [-0.3, -0.25) is 14.2 Å². The Kier molecular flexibility index (Phi) is 4.18. The van der Waals surface area contributed by atoms with E-state index in [-0.39, 0.29) is 0 Å². The van der Waals surface area contributed by atoms with Gasteiger partial charge in [-0.2, -0.15) is 0 Å². The van der Waals surface area contributed by atoms with Crippen molar-refractivity contribution in [2.45, 2.75) is 6.92 Å². The summed E-state index contributed by atoms with van der Waals surface area (Å²) >= 11 is -1.76. The van der Waals surface area contributed by atoms with Crippen LogP contribution in [0.2, 0.25) is 0 Å². The molecular weight excluding hydrogens is 348 g/mol. The molecule has 0 fully saturated rings. The van der Waals surface area contributed by atoms with E-state index in [0.29, 0.717) is 16.8 Å². The molecule has 1 aromatic heterocycles. The number of benzene rings is 3. The smallest absolute Gasteiger partial charge is 0.264 e. The number of para-hydroxylation sites is 1. The average Bonchev–Trinajstić information content (AvgIpc) is 2.99. The molecule has 0 aliphatic carbocycles. The summed E-state index contributed by atoms with van der Waals surface area (Å²) in [6.07, 6.45) is 0. The predicted octanol–water partition coefficient (Wildman–Crippen LogP) is 4.32. The number of fused-ring (bicyclic) bond motifs is 3. The molecule has 130 valence electrons. The van der Waals surface area contributed by atoms with Crippen LogP contribution in [0.3, 0.4) is 0 Å². The highest BCUT2D eigenvalue weighted by Crippen LogP contribution is 2.30. The predicted molar refractivity (Wildman–Crippen MR) is 104 cm³/mol. The fourth-order valence-corrected chi connectivity index (χ4v) is 3.45. The maximum absolute atomic E-state index is 12.2. The normalized spacial score (nSPS) is 12.2. The highest BCUT2D eigenvalue weighted by molar-refractivity contribution is 7.85. The van der Waals surface area contributed by atoms with E-state index in [1.165, 1.54) is 0 Å². The minimum atomic E-state index is -1.76. The molecule has 3 aromatic carbocycles. The summed E-state index contributed by atoms with van der Waals surface area (Å²) < 4.78 is 23.2. The zero-order chi connectivity index (χ0) is 18.1. The summed E-state index contributed by atoms with van der Waals surface area (Å²) in [4.78, 5) is 12.1. The van der Waals surface area contributed by atoms with Gasteiger partial charge < -0.3 is 4.42 Å². The van der Waals surface area contributed by atoms with Gasteiger partial charge in [0.1, 0.15) is 11.2 Å². The van der Waals surface area contributed by atoms with Crippen molar-refractivity contribution in [1.82, 2.24) is 4.72 Å². The van der Waals surface area contributed by atoms with E-state index in [2.05, 4.69) is 9.44 Å². The Balaban J connectivity index is 1.51. The van der Waals surface area contributed by atoms with Crippen molar-refractivity contribution >= 4 is 44.7 Å². The zero-order valence-electron chi connectivity index (χ0n) is 14.0. The van der Waals surface area contributed by atoms with Crippen molar-refractivity contribution in [2.24, 2.45) is 0 Å². The summed E-state index contributed by atoms with van der Waals surface area (Å²) in [5, 5.41) is 2.02. The number of anilines is 1. The van der Waals surface area contributed by atoms with Gasteiger partial charge in [-0.25, -0.2) is 4.21 Å². The van der Waals surface area contributed by atoms with Crippen molar-refractivity contribution < 1.29 is 13.4 Å². The molecule has 0 saturated carbocycles. The number of aryl methyl sites for hydroxylation is 1. The number of amides is 1. The number of hydrogen-bond acceptors (Lipinski definition) is 3. The van der Waals surface area contributed by atoms with Crippen LogP contribution >= 0.6 is 0 Å². The largest absolute Gasteiger partial charge is 0.456 e. The third-order valence-corrected chi connectivity index (χ3v) is 4.88. The molecule has 26 heavy (non-hydrogen) atoms. The van der Waals surface area contributed by atoms with Crippen molar-refractivity contribution in [1.29, 1.82) is 0 Å². The highest BCUT2D eigenvalue weighted by atomic mass is 32.2. The Labute approximate surface area is 152 Å². The summed E-state index contributed by atoms with van der Waals surface area (Å²) in [6.45, 7) is 1.94. The molecular formula is C20H16N2O3S. The van der Waals surface area contributed by atoms with Crippen molar-refractivity contribution in [3.63, 3.8) is 0 Å². The van der Waals surface area contributed by atoms with Gasteiger partial charge in [0.25, 0.3) is 5.91 Å². The molecule has 1 heterocycles. The van der Waals surface area contributed by atoms with E-state index in [9.17, 15) is 9.00 Å². The molecule has 4 rings (SSSR count). The number of carbonyl (C=O) groups excluding carboxylic acids is 1. The number of carbonyl (C=O) groups is 1. The Morgan fingerprint density at radius 1 is 0.923 bits per heavy atom. The van der Waals surface area contributed by atoms with Gasteiger partial charge in [-0.05, 0) is 37.3 Å². The monoisotopic (exact) mass is 364 g/mol. The van der Waals surface area contributed by atoms with Crippen molar-refractivity contribution in [3.05, 3.63) is 77.9 Å². The lowest BCUT2D eigenvalue weighted by molar-refractivity contribution is 0.0983. The van der Waals surface area contributed by atoms with Gasteiger partial charge in [-0.15, -0.1) is 0 Å². The second kappa shape index (κ2) is 6.65. The van der Waals surface area contributed by atoms with Crippen LogP contribution in [0.1, 0.15) is 15.9 Å². The molecule has 1 amide bonds. The van der Waals surface area contributed by atoms with Crippen LogP contribution in [0, 0.1) is 6.92 Å². The third kappa shape index (κ3) is 3.19. The Morgan fingerprint density at radius 2 is 1.65 bits per heavy atom. The van der Waals surface area contributed by atoms with E-state index in [1.807, 2.05) is 49.4 Å². The van der Waals surface area contributed by atoms with Crippen LogP contribution in [0.25, 0.3) is 21.9 Å². The van der Waals surface area contributed by atoms with Gasteiger partial charge >= 0.3 is 0 Å². The molecule has 0 aliphatic heterocycles. The van der Waals surface area contributed by atoms with E-state index in [4.69, 9.17) is 4.42 Å². The first-order chi connectivity index (χ1) is 12.6. The Bertz CT molecular complexity index is 1130. The third-order valence-electron chi connectivity index (χ3n) is 4.09. The molecule has 0 radical (unpaired) electrons. The quantitative estimate of drug-likeness (QED) is 0.567. The first kappa shape index (κ1) is 16.4. The summed E-state index contributed by atoms with van der Waals surface area (Å²) in [5.74, 6) is -0.402. The van der Waals surface area contributed by atoms with Gasteiger partial charge in [0, 0.05) is 22.4 Å². The maximum Gasteiger partial charge on any atom is 0.264 e. The van der Waals surface area contributed by atoms with Crippen LogP contribution in [0.4, 0.5) is 5.69 Å². The topological polar surface area (TPSA) is 71.3 Å². The summed E-state index contributed by atoms with van der Waals surface area (Å²) in [7, 11) is 0. The van der Waals surface area contributed by atoms with E-state index in [0.717, 1.165) is 21.9 Å². The van der Waals surface area contributed by atoms with Crippen LogP contribution in [-0.2, 0) is 11.2 Å². The van der Waals surface area contributed by atoms with E-state index >= 15 is 0 Å². The van der Waals surface area contributed by atoms with Crippen LogP contribution < -0.4 is 9.44 Å². The van der Waals surface area contributed by atoms with Crippen LogP contribution in [0.15, 0.2) is 71.1 Å². The first-order valence-electron chi connectivity index (χ1n) is 8.07. The second-order valence-electron chi connectivity index (χ2n) is 5.98. The Morgan fingerprint density at radius 3 is 2.46 bits per heavy atom. The number of furan rings is 1. The highest BCUT2D eigenvalue weighted by Gasteiger charge is 2.11. The van der Waals surface area contributed by atoms with Gasteiger partial charge in [0.2, 0.25) is 11.2 Å². The number of nitrogens with one attached hydrogen (secondary N) is 2. The van der Waals surface area contributed by atoms with Gasteiger partial charge in [0.05, 0.1) is 5.69 Å². The molecule has 0 aliphatic rings. The summed E-state index contributed by atoms with van der Waals surface area (Å²) in [5.41, 5.74) is 3.60. The maximum atomic E-state index is 12.2. The number of hydrogen-bond donors (Lipinski definition) is 2. The van der Waals surface area contributed by atoms with Crippen LogP contribution in [0.5, 0.6) is 0 Å². The molecule has 5 nitrogen and oxygen atoms in total. The minimum absolute atomic E-state index is 0.402. The lowest BCUT2D eigenvalue weighted by atomic mass is 10.1. The molecule has 2 N–H and O–H groups in total. The molecule has 1 atom stereocenters. The minimum Gasteiger partial charge on any atom is -0.456 e. The van der Waals surface area contributed by atoms with Gasteiger partial charge in [-0.1, -0.05) is 35.9 Å². The average molecular weight is 364 g/mol. The van der Waals surface area contributed by atoms with Gasteiger partial charge in [0.15, 0.2) is 0 Å². The second-order valence-corrected chi connectivity index (χ2v) is 6.92. The molecule has 6 heteroatoms. The first-order valence-corrected chi connectivity index (χ1v) is 9.22. The van der Waals surface area contributed by atoms with Crippen molar-refractivity contribution in [3.8, 4) is 0 Å². The van der Waals surface area contributed by atoms with E-state index in [1.54, 1.807) is 24.3 Å². The molecule has 0 saturated heterocycles. The molecule has 4 aromatic rings. The summed E-state index contributed by atoms with van der Waals surface area (Å²) in [6, 6.07) is 20.3. The molecule has 1 unspecified atom stereocenters. The SMILES string of the molecule is Cc1ccc(C(=O)NS(=O)Nc2ccc3c(c2)oc2ccccc23)cc1. The standard InChI is InChI=1S/C20H16N2O3S/c1-13-6-8-14(9-7-13)20(23)22-26(24)21-15-10-11-17-16-4-2-3-5-18(16)25-19(17)12-15/h2-12,21H,1H3,(H,22,23). The van der Waals surface area contributed by atoms with Crippen molar-refractivity contribution in [2.75, 3.05) is 4.72 Å². The number of rotatable bonds is 4. The Hall–Kier alpha value is -3.12. The lowest BCUT2D eigenvalue weighted by Crippen LogP contribution is -2.29. The lowest BCUT2D eigenvalue weighted by Gasteiger charge is -2.07. The molecule has 0 spiro atoms. The fourth-order valence-electron chi connectivity index (χ4n) is 2.77. The zero-order valence-corrected chi connectivity index (χ0v) is 14.8. The molecule has 0 bridgehead atoms. The van der Waals surface area contributed by atoms with E-state index < -0.39 is 17.1 Å².